The molecule has 18 heavy (non-hydrogen) atoms. The van der Waals surface area contributed by atoms with Gasteiger partial charge in [-0.2, -0.15) is 10.5 Å². The summed E-state index contributed by atoms with van der Waals surface area (Å²) in [6, 6.07) is 4.68. The molecule has 0 amide bonds. The molecule has 2 nitrogen and oxygen atoms in total. The van der Waals surface area contributed by atoms with Gasteiger partial charge in [0, 0.05) is 5.41 Å². The summed E-state index contributed by atoms with van der Waals surface area (Å²) in [5.41, 5.74) is -0.00306. The monoisotopic (exact) mass is 242 g/mol. The third-order valence-electron chi connectivity index (χ3n) is 6.31. The van der Waals surface area contributed by atoms with E-state index in [1.165, 1.54) is 32.1 Å². The van der Waals surface area contributed by atoms with Crippen LogP contribution in [0, 0.1) is 63.6 Å². The van der Waals surface area contributed by atoms with Crippen LogP contribution in [-0.2, 0) is 0 Å². The largest absolute Gasteiger partial charge is 0.197 e. The molecule has 4 aliphatic carbocycles. The normalized spacial score (nSPS) is 45.2. The third kappa shape index (κ3) is 1.33. The molecule has 0 N–H and O–H groups in total. The lowest BCUT2D eigenvalue weighted by atomic mass is 9.40. The molecule has 0 aromatic carbocycles. The molecule has 4 rings (SSSR count). The lowest BCUT2D eigenvalue weighted by Crippen LogP contribution is -2.58. The molecule has 4 saturated carbocycles. The predicted octanol–water partition coefficient (Wildman–Crippen LogP) is 3.75. The van der Waals surface area contributed by atoms with Crippen molar-refractivity contribution in [3.63, 3.8) is 0 Å². The van der Waals surface area contributed by atoms with Crippen molar-refractivity contribution in [2.45, 2.75) is 46.0 Å². The predicted molar refractivity (Wildman–Crippen MR) is 69.0 cm³/mol. The highest BCUT2D eigenvalue weighted by molar-refractivity contribution is 5.18. The van der Waals surface area contributed by atoms with E-state index in [9.17, 15) is 10.5 Å². The zero-order chi connectivity index (χ0) is 12.9. The number of nitriles is 2. The van der Waals surface area contributed by atoms with Gasteiger partial charge in [0.15, 0.2) is 0 Å². The van der Waals surface area contributed by atoms with Gasteiger partial charge in [-0.15, -0.1) is 0 Å². The highest BCUT2D eigenvalue weighted by atomic mass is 14.6. The molecule has 2 heteroatoms. The Morgan fingerprint density at radius 1 is 0.889 bits per heavy atom. The van der Waals surface area contributed by atoms with Crippen molar-refractivity contribution in [3.05, 3.63) is 0 Å². The minimum absolute atomic E-state index is 0.00306. The fraction of sp³-hybridized carbons (Fsp3) is 0.875. The van der Waals surface area contributed by atoms with Gasteiger partial charge in [0.2, 0.25) is 0 Å². The van der Waals surface area contributed by atoms with Crippen LogP contribution in [0.2, 0.25) is 0 Å². The maximum absolute atomic E-state index is 9.45. The maximum atomic E-state index is 9.45. The first kappa shape index (κ1) is 12.0. The summed E-state index contributed by atoms with van der Waals surface area (Å²) >= 11 is 0. The Labute approximate surface area is 110 Å². The molecule has 4 bridgehead atoms. The number of rotatable bonds is 2. The van der Waals surface area contributed by atoms with E-state index in [1.807, 2.05) is 0 Å². The molecule has 4 fully saturated rings. The minimum Gasteiger partial charge on any atom is -0.197 e. The first-order chi connectivity index (χ1) is 8.62. The maximum Gasteiger partial charge on any atom is 0.139 e. The summed E-state index contributed by atoms with van der Waals surface area (Å²) in [4.78, 5) is 0. The van der Waals surface area contributed by atoms with Crippen LogP contribution >= 0.6 is 0 Å². The van der Waals surface area contributed by atoms with Crippen LogP contribution in [0.1, 0.15) is 46.0 Å². The van der Waals surface area contributed by atoms with Gasteiger partial charge in [0.25, 0.3) is 0 Å². The van der Waals surface area contributed by atoms with Gasteiger partial charge in [-0.3, -0.25) is 0 Å². The summed E-state index contributed by atoms with van der Waals surface area (Å²) in [7, 11) is 0. The molecule has 0 aromatic rings. The molecule has 0 atom stereocenters. The number of hydrogen-bond acceptors (Lipinski definition) is 2. The van der Waals surface area contributed by atoms with Crippen molar-refractivity contribution in [2.75, 3.05) is 0 Å². The van der Waals surface area contributed by atoms with Crippen molar-refractivity contribution < 1.29 is 0 Å². The summed E-state index contributed by atoms with van der Waals surface area (Å²) in [6.45, 7) is 4.48. The van der Waals surface area contributed by atoms with Crippen LogP contribution in [0.5, 0.6) is 0 Å². The molecule has 4 aliphatic rings. The minimum atomic E-state index is -0.396. The van der Waals surface area contributed by atoms with Crippen molar-refractivity contribution in [1.82, 2.24) is 0 Å². The van der Waals surface area contributed by atoms with Gasteiger partial charge >= 0.3 is 0 Å². The van der Waals surface area contributed by atoms with Crippen LogP contribution < -0.4 is 0 Å². The first-order valence-electron chi connectivity index (χ1n) is 7.42. The Balaban J connectivity index is 2.05. The van der Waals surface area contributed by atoms with Crippen molar-refractivity contribution >= 4 is 0 Å². The molecular weight excluding hydrogens is 220 g/mol. The smallest absolute Gasteiger partial charge is 0.139 e. The molecule has 0 unspecified atom stereocenters. The highest BCUT2D eigenvalue weighted by Gasteiger charge is 2.61. The van der Waals surface area contributed by atoms with Crippen LogP contribution in [0.3, 0.4) is 0 Å². The summed E-state index contributed by atoms with van der Waals surface area (Å²) in [5, 5.41) is 18.9. The standard InChI is InChI=1S/C16H22N2/c1-10(2)16(15(8-17)9-18)13-4-11-3-12(6-13)7-14(16)5-11/h10-15H,3-7H2,1-2H3. The lowest BCUT2D eigenvalue weighted by Gasteiger charge is -2.63. The fourth-order valence-electron chi connectivity index (χ4n) is 6.00. The van der Waals surface area contributed by atoms with Crippen LogP contribution in [-0.4, -0.2) is 0 Å². The van der Waals surface area contributed by atoms with Crippen molar-refractivity contribution in [2.24, 2.45) is 40.9 Å². The Bertz CT molecular complexity index is 381. The van der Waals surface area contributed by atoms with Gasteiger partial charge in [-0.1, -0.05) is 13.8 Å². The van der Waals surface area contributed by atoms with Crippen LogP contribution in [0.15, 0.2) is 0 Å². The Morgan fingerprint density at radius 3 is 1.67 bits per heavy atom. The van der Waals surface area contributed by atoms with Crippen LogP contribution in [0.4, 0.5) is 0 Å². The second-order valence-corrected chi connectivity index (χ2v) is 7.15. The third-order valence-corrected chi connectivity index (χ3v) is 6.31. The van der Waals surface area contributed by atoms with E-state index in [2.05, 4.69) is 26.0 Å². The average Bonchev–Trinajstić information content (AvgIpc) is 2.32. The molecule has 0 aliphatic heterocycles. The van der Waals surface area contributed by atoms with E-state index in [0.717, 1.165) is 11.8 Å². The zero-order valence-electron chi connectivity index (χ0n) is 11.4. The molecule has 0 radical (unpaired) electrons. The van der Waals surface area contributed by atoms with E-state index in [1.54, 1.807) is 0 Å². The molecule has 0 heterocycles. The van der Waals surface area contributed by atoms with Crippen LogP contribution in [0.25, 0.3) is 0 Å². The van der Waals surface area contributed by atoms with Gasteiger partial charge in [-0.05, 0) is 61.7 Å². The fourth-order valence-corrected chi connectivity index (χ4v) is 6.00. The molecular formula is C16H22N2. The second-order valence-electron chi connectivity index (χ2n) is 7.15. The lowest BCUT2D eigenvalue weighted by molar-refractivity contribution is -0.145. The van der Waals surface area contributed by atoms with Crippen molar-refractivity contribution in [3.8, 4) is 12.1 Å². The van der Waals surface area contributed by atoms with E-state index in [-0.39, 0.29) is 5.41 Å². The quantitative estimate of drug-likeness (QED) is 0.740. The average molecular weight is 242 g/mol. The van der Waals surface area contributed by atoms with Gasteiger partial charge in [0.1, 0.15) is 5.92 Å². The second kappa shape index (κ2) is 3.99. The number of hydrogen-bond donors (Lipinski definition) is 0. The van der Waals surface area contributed by atoms with Gasteiger partial charge in [0.05, 0.1) is 12.1 Å². The summed E-state index contributed by atoms with van der Waals surface area (Å²) in [5.74, 6) is 3.13. The Kier molecular flexibility index (Phi) is 2.67. The van der Waals surface area contributed by atoms with Gasteiger partial charge < -0.3 is 0 Å². The summed E-state index contributed by atoms with van der Waals surface area (Å²) < 4.78 is 0. The Morgan fingerprint density at radius 2 is 1.33 bits per heavy atom. The topological polar surface area (TPSA) is 47.6 Å². The molecule has 96 valence electrons. The zero-order valence-corrected chi connectivity index (χ0v) is 11.4. The van der Waals surface area contributed by atoms with E-state index in [4.69, 9.17) is 0 Å². The summed E-state index contributed by atoms with van der Waals surface area (Å²) in [6.07, 6.45) is 6.55. The van der Waals surface area contributed by atoms with Crippen molar-refractivity contribution in [1.29, 1.82) is 10.5 Å². The molecule has 0 aromatic heterocycles. The molecule has 0 saturated heterocycles. The first-order valence-corrected chi connectivity index (χ1v) is 7.42. The number of nitrogens with zero attached hydrogens (tertiary/aromatic N) is 2. The van der Waals surface area contributed by atoms with E-state index < -0.39 is 5.92 Å². The van der Waals surface area contributed by atoms with E-state index in [0.29, 0.717) is 17.8 Å². The Hall–Kier alpha value is -1.02. The molecule has 0 spiro atoms. The van der Waals surface area contributed by atoms with E-state index >= 15 is 0 Å². The van der Waals surface area contributed by atoms with Gasteiger partial charge in [-0.25, -0.2) is 0 Å². The highest BCUT2D eigenvalue weighted by Crippen LogP contribution is 2.67. The SMILES string of the molecule is CC(C)C1(C(C#N)C#N)C2CC3CC(C2)CC1C3.